The summed E-state index contributed by atoms with van der Waals surface area (Å²) < 4.78 is 20.5. The van der Waals surface area contributed by atoms with Gasteiger partial charge in [-0.1, -0.05) is 53.7 Å². The lowest BCUT2D eigenvalue weighted by Crippen LogP contribution is -2.25. The Bertz CT molecular complexity index is 1270. The molecule has 34 heavy (non-hydrogen) atoms. The van der Waals surface area contributed by atoms with Gasteiger partial charge in [-0.15, -0.1) is 0 Å². The molecule has 4 aromatic rings. The predicted octanol–water partition coefficient (Wildman–Crippen LogP) is 5.59. The molecule has 3 aromatic carbocycles. The molecule has 0 spiro atoms. The number of carbonyl (C=O) groups is 1. The Morgan fingerprint density at radius 3 is 2.68 bits per heavy atom. The third-order valence-corrected chi connectivity index (χ3v) is 6.54. The third kappa shape index (κ3) is 6.04. The number of halogens is 1. The fraction of sp³-hybridized carbons (Fsp3) is 0.259. The summed E-state index contributed by atoms with van der Waals surface area (Å²) >= 11 is 1.60. The summed E-state index contributed by atoms with van der Waals surface area (Å²) in [6.45, 7) is 3.89. The molecule has 176 valence electrons. The number of carbonyl (C=O) groups excluding carboxylic acids is 1. The van der Waals surface area contributed by atoms with Gasteiger partial charge in [0.2, 0.25) is 0 Å². The second-order valence-corrected chi connectivity index (χ2v) is 9.13. The fourth-order valence-electron chi connectivity index (χ4n) is 3.75. The summed E-state index contributed by atoms with van der Waals surface area (Å²) in [6.07, 6.45) is 0.764. The molecule has 0 saturated carbocycles. The van der Waals surface area contributed by atoms with E-state index in [9.17, 15) is 9.18 Å². The lowest BCUT2D eigenvalue weighted by atomic mass is 10.1. The van der Waals surface area contributed by atoms with Gasteiger partial charge in [0, 0.05) is 31.6 Å². The minimum atomic E-state index is -0.242. The summed E-state index contributed by atoms with van der Waals surface area (Å²) in [7, 11) is 1.65. The monoisotopic (exact) mass is 477 g/mol. The highest BCUT2D eigenvalue weighted by molar-refractivity contribution is 7.98. The summed E-state index contributed by atoms with van der Waals surface area (Å²) in [5.74, 6) is 0.319. The second-order valence-electron chi connectivity index (χ2n) is 8.19. The Hall–Kier alpha value is -3.16. The predicted molar refractivity (Wildman–Crippen MR) is 135 cm³/mol. The fourth-order valence-corrected chi connectivity index (χ4v) is 4.72. The van der Waals surface area contributed by atoms with Crippen LogP contribution in [0.5, 0.6) is 0 Å². The minimum absolute atomic E-state index is 0.109. The van der Waals surface area contributed by atoms with Crippen molar-refractivity contribution in [1.29, 1.82) is 0 Å². The van der Waals surface area contributed by atoms with Gasteiger partial charge in [0.1, 0.15) is 5.82 Å². The minimum Gasteiger partial charge on any atom is -0.385 e. The Balaban J connectivity index is 1.63. The molecule has 0 saturated heterocycles. The van der Waals surface area contributed by atoms with Gasteiger partial charge >= 0.3 is 0 Å². The molecule has 0 bridgehead atoms. The van der Waals surface area contributed by atoms with E-state index in [1.54, 1.807) is 31.0 Å². The standard InChI is InChI=1S/C27H28FN3O2S/c1-19-5-3-6-21(15-19)17-31-25-16-22(26(32)29-13-4-14-33-2)9-12-24(25)30-27(31)34-18-20-7-10-23(28)11-8-20/h3,5-12,15-16H,4,13-14,17-18H2,1-2H3,(H,29,32). The molecule has 1 heterocycles. The summed E-state index contributed by atoms with van der Waals surface area (Å²) in [6, 6.07) is 20.5. The molecule has 0 aliphatic rings. The van der Waals surface area contributed by atoms with Crippen LogP contribution in [0.3, 0.4) is 0 Å². The lowest BCUT2D eigenvalue weighted by Gasteiger charge is -2.11. The average molecular weight is 478 g/mol. The zero-order chi connectivity index (χ0) is 23.9. The number of aryl methyl sites for hydroxylation is 1. The van der Waals surface area contributed by atoms with Crippen molar-refractivity contribution in [1.82, 2.24) is 14.9 Å². The molecule has 0 aliphatic heterocycles. The topological polar surface area (TPSA) is 56.1 Å². The molecule has 0 aliphatic carbocycles. The quantitative estimate of drug-likeness (QED) is 0.239. The maximum absolute atomic E-state index is 13.3. The first-order valence-corrected chi connectivity index (χ1v) is 12.2. The van der Waals surface area contributed by atoms with Crippen LogP contribution in [0, 0.1) is 12.7 Å². The van der Waals surface area contributed by atoms with Gasteiger partial charge in [-0.25, -0.2) is 9.37 Å². The third-order valence-electron chi connectivity index (χ3n) is 5.49. The van der Waals surface area contributed by atoms with Crippen LogP contribution >= 0.6 is 11.8 Å². The first kappa shape index (κ1) is 24.0. The van der Waals surface area contributed by atoms with Crippen molar-refractivity contribution >= 4 is 28.7 Å². The van der Waals surface area contributed by atoms with Crippen molar-refractivity contribution in [2.24, 2.45) is 0 Å². The van der Waals surface area contributed by atoms with E-state index in [0.29, 0.717) is 31.0 Å². The van der Waals surface area contributed by atoms with E-state index in [1.165, 1.54) is 17.7 Å². The zero-order valence-electron chi connectivity index (χ0n) is 19.4. The Morgan fingerprint density at radius 1 is 1.09 bits per heavy atom. The van der Waals surface area contributed by atoms with Crippen LogP contribution in [0.1, 0.15) is 33.5 Å². The van der Waals surface area contributed by atoms with E-state index in [0.717, 1.165) is 33.7 Å². The van der Waals surface area contributed by atoms with Gasteiger partial charge in [-0.2, -0.15) is 0 Å². The molecule has 0 unspecified atom stereocenters. The van der Waals surface area contributed by atoms with E-state index in [4.69, 9.17) is 9.72 Å². The number of thioether (sulfide) groups is 1. The van der Waals surface area contributed by atoms with Gasteiger partial charge in [-0.3, -0.25) is 4.79 Å². The molecular weight excluding hydrogens is 449 g/mol. The number of nitrogens with one attached hydrogen (secondary N) is 1. The van der Waals surface area contributed by atoms with Crippen LogP contribution in [0.25, 0.3) is 11.0 Å². The van der Waals surface area contributed by atoms with Crippen molar-refractivity contribution in [3.05, 3.63) is 94.8 Å². The van der Waals surface area contributed by atoms with Gasteiger partial charge < -0.3 is 14.6 Å². The number of fused-ring (bicyclic) bond motifs is 1. The maximum atomic E-state index is 13.3. The molecule has 0 fully saturated rings. The van der Waals surface area contributed by atoms with Crippen LogP contribution in [-0.4, -0.2) is 35.7 Å². The summed E-state index contributed by atoms with van der Waals surface area (Å²) in [5, 5.41) is 3.81. The van der Waals surface area contributed by atoms with Crippen molar-refractivity contribution in [3.63, 3.8) is 0 Å². The summed E-state index contributed by atoms with van der Waals surface area (Å²) in [4.78, 5) is 17.5. The number of methoxy groups -OCH3 is 1. The van der Waals surface area contributed by atoms with Crippen molar-refractivity contribution in [3.8, 4) is 0 Å². The van der Waals surface area contributed by atoms with Gasteiger partial charge in [0.15, 0.2) is 5.16 Å². The molecule has 4 rings (SSSR count). The van der Waals surface area contributed by atoms with Crippen molar-refractivity contribution in [2.45, 2.75) is 30.8 Å². The van der Waals surface area contributed by atoms with E-state index >= 15 is 0 Å². The molecule has 1 aromatic heterocycles. The molecule has 7 heteroatoms. The van der Waals surface area contributed by atoms with Crippen molar-refractivity contribution in [2.75, 3.05) is 20.3 Å². The van der Waals surface area contributed by atoms with E-state index in [2.05, 4.69) is 35.0 Å². The Morgan fingerprint density at radius 2 is 1.91 bits per heavy atom. The molecular formula is C27H28FN3O2S. The number of aromatic nitrogens is 2. The number of benzene rings is 3. The summed E-state index contributed by atoms with van der Waals surface area (Å²) in [5.41, 5.74) is 5.73. The Labute approximate surface area is 203 Å². The van der Waals surface area contributed by atoms with Crippen molar-refractivity contribution < 1.29 is 13.9 Å². The number of amides is 1. The van der Waals surface area contributed by atoms with Gasteiger partial charge in [-0.05, 0) is 54.8 Å². The first-order chi connectivity index (χ1) is 16.5. The van der Waals surface area contributed by atoms with Gasteiger partial charge in [0.05, 0.1) is 17.6 Å². The van der Waals surface area contributed by atoms with Gasteiger partial charge in [0.25, 0.3) is 5.91 Å². The number of nitrogens with zero attached hydrogens (tertiary/aromatic N) is 2. The lowest BCUT2D eigenvalue weighted by molar-refractivity contribution is 0.0948. The highest BCUT2D eigenvalue weighted by Crippen LogP contribution is 2.29. The van der Waals surface area contributed by atoms with Crippen LogP contribution in [0.15, 0.2) is 71.9 Å². The normalized spacial score (nSPS) is 11.1. The highest BCUT2D eigenvalue weighted by atomic mass is 32.2. The van der Waals surface area contributed by atoms with Crippen LogP contribution < -0.4 is 5.32 Å². The molecule has 5 nitrogen and oxygen atoms in total. The molecule has 0 radical (unpaired) electrons. The highest BCUT2D eigenvalue weighted by Gasteiger charge is 2.15. The average Bonchev–Trinajstić information content (AvgIpc) is 3.18. The Kier molecular flexibility index (Phi) is 7.98. The van der Waals surface area contributed by atoms with E-state index in [-0.39, 0.29) is 11.7 Å². The zero-order valence-corrected chi connectivity index (χ0v) is 20.2. The van der Waals surface area contributed by atoms with Crippen LogP contribution in [0.4, 0.5) is 4.39 Å². The number of hydrogen-bond donors (Lipinski definition) is 1. The number of hydrogen-bond acceptors (Lipinski definition) is 4. The van der Waals surface area contributed by atoms with Crippen LogP contribution in [0.2, 0.25) is 0 Å². The number of rotatable bonds is 10. The maximum Gasteiger partial charge on any atom is 0.251 e. The van der Waals surface area contributed by atoms with E-state index in [1.807, 2.05) is 24.3 Å². The number of imidazole rings is 1. The molecule has 1 amide bonds. The SMILES string of the molecule is COCCCNC(=O)c1ccc2nc(SCc3ccc(F)cc3)n(Cc3cccc(C)c3)c2c1. The molecule has 0 atom stereocenters. The van der Waals surface area contributed by atoms with E-state index < -0.39 is 0 Å². The number of ether oxygens (including phenoxy) is 1. The smallest absolute Gasteiger partial charge is 0.251 e. The van der Waals surface area contributed by atoms with Crippen LogP contribution in [-0.2, 0) is 17.0 Å². The second kappa shape index (κ2) is 11.3. The first-order valence-electron chi connectivity index (χ1n) is 11.2. The molecule has 1 N–H and O–H groups in total. The largest absolute Gasteiger partial charge is 0.385 e.